The molecule has 364 valence electrons. The monoisotopic (exact) mass is 976 g/mol. The molecular weight excluding hydrogens is 916 g/mol. The molecule has 7 rings (SSSR count). The maximum atomic E-state index is 14.1. The van der Waals surface area contributed by atoms with Gasteiger partial charge in [0.05, 0.1) is 53.0 Å². The lowest BCUT2D eigenvalue weighted by molar-refractivity contribution is -0.199. The number of nitrogens with zero attached hydrogens (tertiary/aromatic N) is 4. The average molecular weight is 978 g/mol. The van der Waals surface area contributed by atoms with E-state index < -0.39 is 35.4 Å². The van der Waals surface area contributed by atoms with Crippen molar-refractivity contribution in [2.75, 3.05) is 33.0 Å². The summed E-state index contributed by atoms with van der Waals surface area (Å²) in [6.07, 6.45) is -1.02. The molecule has 3 aliphatic rings. The standard InChI is InChI=1S/C53H61ClN6O8S/c1-31(34-14-16-35(17-15-34)44-32(2)56-30-69-44)57-46(63)42-25-37(61)28-59(42)48(65)45(51(3,4)5)58-43(62)29-67-23-22-66-21-11-12-33-13-19-39-36(24-33)27-60(47(39)64)49-52(6,7)50(53(49,8)9)68-38-18-20-41(55-10)40(54)26-38/h13-20,24,26,30-31,37,42,45,49-50,61H,21-23,25,27-29H2,1-9H3,(H,57,63)(H,58,62)/t31-,37+,42-,45+,49?,50?/m0/s1. The first-order valence-corrected chi connectivity index (χ1v) is 24.4. The van der Waals surface area contributed by atoms with Crippen LogP contribution in [0.25, 0.3) is 15.3 Å². The van der Waals surface area contributed by atoms with Crippen LogP contribution in [0.1, 0.15) is 101 Å². The molecular formula is C53H61ClN6O8S. The molecule has 1 aromatic heterocycles. The Morgan fingerprint density at radius 3 is 2.39 bits per heavy atom. The van der Waals surface area contributed by atoms with E-state index >= 15 is 0 Å². The van der Waals surface area contributed by atoms with Crippen LogP contribution in [0.4, 0.5) is 5.69 Å². The summed E-state index contributed by atoms with van der Waals surface area (Å²) in [4.78, 5) is 66.7. The zero-order chi connectivity index (χ0) is 50.0. The van der Waals surface area contributed by atoms with Gasteiger partial charge >= 0.3 is 0 Å². The van der Waals surface area contributed by atoms with Gasteiger partial charge in [-0.1, -0.05) is 102 Å². The van der Waals surface area contributed by atoms with Gasteiger partial charge in [0.1, 0.15) is 37.2 Å². The van der Waals surface area contributed by atoms with Crippen molar-refractivity contribution in [3.8, 4) is 28.0 Å². The number of hydrogen-bond acceptors (Lipinski definition) is 10. The van der Waals surface area contributed by atoms with Gasteiger partial charge in [0, 0.05) is 47.5 Å². The normalized spacial score (nSPS) is 21.0. The van der Waals surface area contributed by atoms with E-state index in [0.717, 1.165) is 32.8 Å². The highest BCUT2D eigenvalue weighted by molar-refractivity contribution is 7.13. The molecule has 3 aromatic carbocycles. The van der Waals surface area contributed by atoms with Gasteiger partial charge in [0.15, 0.2) is 0 Å². The molecule has 1 saturated heterocycles. The summed E-state index contributed by atoms with van der Waals surface area (Å²) < 4.78 is 17.7. The molecule has 4 aromatic rings. The Kier molecular flexibility index (Phi) is 15.3. The van der Waals surface area contributed by atoms with E-state index in [4.69, 9.17) is 32.4 Å². The highest BCUT2D eigenvalue weighted by Crippen LogP contribution is 2.59. The number of benzene rings is 3. The van der Waals surface area contributed by atoms with Crippen LogP contribution in [0, 0.1) is 41.6 Å². The van der Waals surface area contributed by atoms with Gasteiger partial charge in [-0.2, -0.15) is 0 Å². The lowest BCUT2D eigenvalue weighted by atomic mass is 9.49. The number of hydrogen-bond donors (Lipinski definition) is 3. The molecule has 0 bridgehead atoms. The zero-order valence-corrected chi connectivity index (χ0v) is 42.2. The minimum absolute atomic E-state index is 0.0252. The summed E-state index contributed by atoms with van der Waals surface area (Å²) >= 11 is 7.86. The number of amides is 4. The third kappa shape index (κ3) is 11.0. The van der Waals surface area contributed by atoms with E-state index in [1.165, 1.54) is 4.90 Å². The predicted octanol–water partition coefficient (Wildman–Crippen LogP) is 7.92. The molecule has 2 aliphatic heterocycles. The van der Waals surface area contributed by atoms with Crippen LogP contribution in [-0.2, 0) is 30.4 Å². The Bertz CT molecular complexity index is 2680. The lowest BCUT2D eigenvalue weighted by Gasteiger charge is -2.65. The van der Waals surface area contributed by atoms with Gasteiger partial charge in [-0.15, -0.1) is 11.3 Å². The van der Waals surface area contributed by atoms with E-state index in [1.807, 2.05) is 87.5 Å². The molecule has 4 amide bonds. The first-order chi connectivity index (χ1) is 32.6. The highest BCUT2D eigenvalue weighted by Gasteiger charge is 2.67. The number of aryl methyl sites for hydroxylation is 1. The number of carbonyl (C=O) groups excluding carboxylic acids is 4. The third-order valence-electron chi connectivity index (χ3n) is 13.4. The number of carbonyl (C=O) groups is 4. The first kappa shape index (κ1) is 51.1. The summed E-state index contributed by atoms with van der Waals surface area (Å²) in [5.41, 5.74) is 5.89. The zero-order valence-electron chi connectivity index (χ0n) is 40.6. The number of rotatable bonds is 15. The van der Waals surface area contributed by atoms with E-state index in [2.05, 4.69) is 60.0 Å². The van der Waals surface area contributed by atoms with Crippen LogP contribution in [-0.4, -0.2) is 107 Å². The molecule has 0 radical (unpaired) electrons. The molecule has 2 fully saturated rings. The van der Waals surface area contributed by atoms with Crippen LogP contribution in [0.3, 0.4) is 0 Å². The number of fused-ring (bicyclic) bond motifs is 1. The highest BCUT2D eigenvalue weighted by atomic mass is 35.5. The molecule has 69 heavy (non-hydrogen) atoms. The smallest absolute Gasteiger partial charge is 0.254 e. The summed E-state index contributed by atoms with van der Waals surface area (Å²) in [7, 11) is 0. The minimum Gasteiger partial charge on any atom is -0.489 e. The van der Waals surface area contributed by atoms with Crippen LogP contribution in [0.2, 0.25) is 5.02 Å². The Morgan fingerprint density at radius 2 is 1.74 bits per heavy atom. The predicted molar refractivity (Wildman–Crippen MR) is 265 cm³/mol. The van der Waals surface area contributed by atoms with Crippen molar-refractivity contribution >= 4 is 52.3 Å². The fourth-order valence-electron chi connectivity index (χ4n) is 10.4. The minimum atomic E-state index is -0.993. The Balaban J connectivity index is 0.849. The van der Waals surface area contributed by atoms with Crippen molar-refractivity contribution in [1.29, 1.82) is 0 Å². The summed E-state index contributed by atoms with van der Waals surface area (Å²) in [5, 5.41) is 16.8. The molecule has 3 N–H and O–H groups in total. The number of nitrogens with one attached hydrogen (secondary N) is 2. The van der Waals surface area contributed by atoms with Gasteiger partial charge in [-0.25, -0.2) is 9.83 Å². The quantitative estimate of drug-likeness (QED) is 0.0610. The number of halogens is 1. The maximum absolute atomic E-state index is 14.1. The van der Waals surface area contributed by atoms with Gasteiger partial charge in [0.2, 0.25) is 23.4 Å². The number of aromatic nitrogens is 1. The fraction of sp³-hybridized carbons (Fsp3) is 0.472. The van der Waals surface area contributed by atoms with Gasteiger partial charge in [0.25, 0.3) is 5.91 Å². The van der Waals surface area contributed by atoms with Gasteiger partial charge in [-0.3, -0.25) is 19.2 Å². The molecule has 0 unspecified atom stereocenters. The largest absolute Gasteiger partial charge is 0.489 e. The van der Waals surface area contributed by atoms with Crippen molar-refractivity contribution < 1.29 is 38.5 Å². The number of β-amino-alcohol motifs (C(OH)–C–C–N with tert-alkyl or cyclic N) is 1. The summed E-state index contributed by atoms with van der Waals surface area (Å²) in [6, 6.07) is 16.2. The number of likely N-dealkylation sites (tertiary alicyclic amines) is 1. The molecule has 1 saturated carbocycles. The van der Waals surface area contributed by atoms with Crippen LogP contribution in [0.15, 0.2) is 66.2 Å². The number of thiazole rings is 1. The molecule has 3 heterocycles. The second kappa shape index (κ2) is 20.6. The molecule has 14 nitrogen and oxygen atoms in total. The SMILES string of the molecule is [C-]#[N+]c1ccc(OC2C(C)(C)C(N3Cc4cc(C#CCOCCOCC(=O)N[C@H](C(=O)N5C[C@H](O)C[C@H]5C(=O)N[C@@H](C)c5ccc(-c6scnc6C)cc5)C(C)(C)C)ccc4C3=O)C2(C)C)cc1Cl. The Labute approximate surface area is 413 Å². The fourth-order valence-corrected chi connectivity index (χ4v) is 11.4. The molecule has 1 aliphatic carbocycles. The lowest BCUT2D eigenvalue weighted by Crippen LogP contribution is -2.74. The second-order valence-electron chi connectivity index (χ2n) is 20.4. The maximum Gasteiger partial charge on any atom is 0.254 e. The van der Waals surface area contributed by atoms with Crippen molar-refractivity contribution in [1.82, 2.24) is 25.4 Å². The molecule has 0 spiro atoms. The van der Waals surface area contributed by atoms with Crippen molar-refractivity contribution in [2.45, 2.75) is 112 Å². The van der Waals surface area contributed by atoms with Gasteiger partial charge < -0.3 is 39.8 Å². The third-order valence-corrected chi connectivity index (χ3v) is 14.7. The number of aliphatic hydroxyl groups is 1. The first-order valence-electron chi connectivity index (χ1n) is 23.1. The van der Waals surface area contributed by atoms with Gasteiger partial charge in [-0.05, 0) is 66.3 Å². The second-order valence-corrected chi connectivity index (χ2v) is 21.6. The van der Waals surface area contributed by atoms with Crippen LogP contribution >= 0.6 is 22.9 Å². The number of aliphatic hydroxyl groups excluding tert-OH is 1. The van der Waals surface area contributed by atoms with E-state index in [9.17, 15) is 24.3 Å². The van der Waals surface area contributed by atoms with E-state index in [-0.39, 0.29) is 80.2 Å². The average Bonchev–Trinajstić information content (AvgIpc) is 4.00. The van der Waals surface area contributed by atoms with E-state index in [0.29, 0.717) is 28.6 Å². The van der Waals surface area contributed by atoms with Crippen LogP contribution in [0.5, 0.6) is 5.75 Å². The van der Waals surface area contributed by atoms with Crippen LogP contribution < -0.4 is 15.4 Å². The van der Waals surface area contributed by atoms with Crippen molar-refractivity contribution in [3.05, 3.63) is 111 Å². The number of ether oxygens (including phenoxy) is 3. The summed E-state index contributed by atoms with van der Waals surface area (Å²) in [6.45, 7) is 25.5. The van der Waals surface area contributed by atoms with Crippen molar-refractivity contribution in [2.24, 2.45) is 16.2 Å². The Hall–Kier alpha value is -5.81. The van der Waals surface area contributed by atoms with Crippen molar-refractivity contribution in [3.63, 3.8) is 0 Å². The topological polar surface area (TPSA) is 164 Å². The van der Waals surface area contributed by atoms with E-state index in [1.54, 1.807) is 29.5 Å². The molecule has 16 heteroatoms. The Morgan fingerprint density at radius 1 is 1.03 bits per heavy atom. The summed E-state index contributed by atoms with van der Waals surface area (Å²) in [5.74, 6) is 5.34. The molecule has 4 atom stereocenters.